The van der Waals surface area contributed by atoms with E-state index >= 15 is 0 Å². The van der Waals surface area contributed by atoms with Crippen molar-refractivity contribution in [1.29, 1.82) is 0 Å². The van der Waals surface area contributed by atoms with E-state index in [2.05, 4.69) is 10.6 Å². The van der Waals surface area contributed by atoms with Crippen molar-refractivity contribution in [3.8, 4) is 0 Å². The van der Waals surface area contributed by atoms with Crippen LogP contribution in [0, 0.1) is 11.8 Å². The minimum absolute atomic E-state index is 0.000683. The Morgan fingerprint density at radius 3 is 1.39 bits per heavy atom. The molecule has 4 rings (SSSR count). The van der Waals surface area contributed by atoms with E-state index in [9.17, 15) is 18.0 Å². The average molecular weight is 455 g/mol. The Labute approximate surface area is 186 Å². The summed E-state index contributed by atoms with van der Waals surface area (Å²) in [6, 6.07) is 0.501. The van der Waals surface area contributed by atoms with Crippen molar-refractivity contribution in [2.75, 3.05) is 26.2 Å². The summed E-state index contributed by atoms with van der Waals surface area (Å²) >= 11 is 0. The van der Waals surface area contributed by atoms with E-state index in [-0.39, 0.29) is 48.8 Å². The molecule has 2 aliphatic heterocycles. The average Bonchev–Trinajstić information content (AvgIpc) is 3.48. The van der Waals surface area contributed by atoms with E-state index in [1.165, 1.54) is 8.61 Å². The normalized spacial score (nSPS) is 29.8. The summed E-state index contributed by atoms with van der Waals surface area (Å²) in [5, 5.41) is 6.26. The van der Waals surface area contributed by atoms with Crippen molar-refractivity contribution in [3.63, 3.8) is 0 Å². The molecule has 9 heteroatoms. The topological polar surface area (TPSA) is 98.8 Å². The quantitative estimate of drug-likeness (QED) is 0.639. The molecular weight excluding hydrogens is 416 g/mol. The Bertz CT molecular complexity index is 691. The summed E-state index contributed by atoms with van der Waals surface area (Å²) in [5.74, 6) is -0.565. The van der Waals surface area contributed by atoms with Crippen LogP contribution >= 0.6 is 0 Å². The van der Waals surface area contributed by atoms with Gasteiger partial charge in [-0.1, -0.05) is 25.7 Å². The molecule has 0 bridgehead atoms. The van der Waals surface area contributed by atoms with Crippen LogP contribution in [-0.2, 0) is 19.8 Å². The summed E-state index contributed by atoms with van der Waals surface area (Å²) in [7, 11) is -3.67. The van der Waals surface area contributed by atoms with Gasteiger partial charge < -0.3 is 10.6 Å². The van der Waals surface area contributed by atoms with E-state index in [1.54, 1.807) is 0 Å². The maximum Gasteiger partial charge on any atom is 0.282 e. The molecule has 2 unspecified atom stereocenters. The van der Waals surface area contributed by atoms with Crippen molar-refractivity contribution in [3.05, 3.63) is 0 Å². The van der Waals surface area contributed by atoms with Crippen LogP contribution in [0.1, 0.15) is 77.0 Å². The molecular formula is C22H38N4O4S. The van der Waals surface area contributed by atoms with Crippen LogP contribution in [-0.4, -0.2) is 67.1 Å². The van der Waals surface area contributed by atoms with Crippen LogP contribution in [0.4, 0.5) is 0 Å². The molecule has 0 spiro atoms. The van der Waals surface area contributed by atoms with Crippen molar-refractivity contribution < 1.29 is 18.0 Å². The van der Waals surface area contributed by atoms with Gasteiger partial charge in [0.05, 0.1) is 11.8 Å². The Kier molecular flexibility index (Phi) is 7.54. The van der Waals surface area contributed by atoms with Crippen molar-refractivity contribution in [1.82, 2.24) is 19.2 Å². The van der Waals surface area contributed by atoms with Gasteiger partial charge in [0.25, 0.3) is 10.2 Å². The lowest BCUT2D eigenvalue weighted by molar-refractivity contribution is -0.127. The lowest BCUT2D eigenvalue weighted by Crippen LogP contribution is -2.54. The fraction of sp³-hybridized carbons (Fsp3) is 0.909. The summed E-state index contributed by atoms with van der Waals surface area (Å²) in [5.41, 5.74) is 0. The van der Waals surface area contributed by atoms with Gasteiger partial charge in [-0.15, -0.1) is 0 Å². The number of carbonyl (C=O) groups excluding carboxylic acids is 2. The SMILES string of the molecule is O=C(NC1CCCC1)C1CCCN(S(=O)(=O)N2CCCC(C(=O)NC3CCCC3)C2)C1. The Morgan fingerprint density at radius 1 is 0.613 bits per heavy atom. The van der Waals surface area contributed by atoms with E-state index in [4.69, 9.17) is 0 Å². The first-order chi connectivity index (χ1) is 14.9. The minimum atomic E-state index is -3.67. The van der Waals surface area contributed by atoms with Crippen molar-refractivity contribution in [2.24, 2.45) is 11.8 Å². The van der Waals surface area contributed by atoms with Crippen LogP contribution < -0.4 is 10.6 Å². The first kappa shape index (κ1) is 23.0. The molecule has 2 aliphatic carbocycles. The fourth-order valence-electron chi connectivity index (χ4n) is 5.67. The van der Waals surface area contributed by atoms with Crippen molar-refractivity contribution >= 4 is 22.0 Å². The first-order valence-corrected chi connectivity index (χ1v) is 13.7. The summed E-state index contributed by atoms with van der Waals surface area (Å²) in [6.45, 7) is 1.39. The molecule has 8 nitrogen and oxygen atoms in total. The number of nitrogens with one attached hydrogen (secondary N) is 2. The molecule has 2 saturated carbocycles. The van der Waals surface area contributed by atoms with Gasteiger partial charge in [0.1, 0.15) is 0 Å². The second-order valence-corrected chi connectivity index (χ2v) is 11.8. The number of piperidine rings is 2. The maximum atomic E-state index is 13.4. The highest BCUT2D eigenvalue weighted by molar-refractivity contribution is 7.86. The molecule has 0 aromatic carbocycles. The van der Waals surface area contributed by atoms with Crippen LogP contribution in [0.15, 0.2) is 0 Å². The van der Waals surface area contributed by atoms with E-state index in [0.29, 0.717) is 25.9 Å². The van der Waals surface area contributed by atoms with E-state index in [0.717, 1.165) is 64.2 Å². The Balaban J connectivity index is 1.33. The highest BCUT2D eigenvalue weighted by Gasteiger charge is 2.39. The second-order valence-electron chi connectivity index (χ2n) is 9.88. The molecule has 31 heavy (non-hydrogen) atoms. The number of hydrogen-bond donors (Lipinski definition) is 2. The van der Waals surface area contributed by atoms with Gasteiger partial charge >= 0.3 is 0 Å². The summed E-state index contributed by atoms with van der Waals surface area (Å²) < 4.78 is 29.7. The number of amides is 2. The zero-order valence-electron chi connectivity index (χ0n) is 18.6. The molecule has 4 aliphatic rings. The molecule has 2 amide bonds. The summed E-state index contributed by atoms with van der Waals surface area (Å²) in [6.07, 6.45) is 11.6. The van der Waals surface area contributed by atoms with Crippen LogP contribution in [0.3, 0.4) is 0 Å². The third kappa shape index (κ3) is 5.60. The standard InChI is InChI=1S/C22H38N4O4S/c27-21(23-19-9-1-2-10-19)17-7-5-13-25(15-17)31(29,30)26-14-6-8-18(16-26)22(28)24-20-11-3-4-12-20/h17-20H,1-16H2,(H,23,27)(H,24,28). The molecule has 0 aromatic heterocycles. The predicted molar refractivity (Wildman–Crippen MR) is 118 cm³/mol. The smallest absolute Gasteiger partial charge is 0.282 e. The lowest BCUT2D eigenvalue weighted by atomic mass is 9.98. The van der Waals surface area contributed by atoms with Gasteiger partial charge in [-0.2, -0.15) is 17.0 Å². The zero-order chi connectivity index (χ0) is 21.8. The van der Waals surface area contributed by atoms with Gasteiger partial charge in [-0.05, 0) is 51.4 Å². The third-order valence-electron chi connectivity index (χ3n) is 7.57. The van der Waals surface area contributed by atoms with E-state index < -0.39 is 10.2 Å². The van der Waals surface area contributed by atoms with Crippen LogP contribution in [0.25, 0.3) is 0 Å². The molecule has 2 atom stereocenters. The minimum Gasteiger partial charge on any atom is -0.353 e. The van der Waals surface area contributed by atoms with Gasteiger partial charge in [0.2, 0.25) is 11.8 Å². The van der Waals surface area contributed by atoms with E-state index in [1.807, 2.05) is 0 Å². The fourth-order valence-corrected chi connectivity index (χ4v) is 7.46. The largest absolute Gasteiger partial charge is 0.353 e. The van der Waals surface area contributed by atoms with Gasteiger partial charge in [-0.25, -0.2) is 0 Å². The molecule has 2 heterocycles. The Morgan fingerprint density at radius 2 is 1.00 bits per heavy atom. The number of carbonyl (C=O) groups is 2. The highest BCUT2D eigenvalue weighted by atomic mass is 32.2. The molecule has 2 N–H and O–H groups in total. The maximum absolute atomic E-state index is 13.4. The zero-order valence-corrected chi connectivity index (χ0v) is 19.4. The number of nitrogens with zero attached hydrogens (tertiary/aromatic N) is 2. The molecule has 4 fully saturated rings. The third-order valence-corrected chi connectivity index (χ3v) is 9.53. The van der Waals surface area contributed by atoms with Crippen LogP contribution in [0.5, 0.6) is 0 Å². The van der Waals surface area contributed by atoms with Crippen LogP contribution in [0.2, 0.25) is 0 Å². The number of rotatable bonds is 6. The highest BCUT2D eigenvalue weighted by Crippen LogP contribution is 2.27. The Hall–Kier alpha value is -1.19. The number of hydrogen-bond acceptors (Lipinski definition) is 4. The van der Waals surface area contributed by atoms with Gasteiger partial charge in [-0.3, -0.25) is 9.59 Å². The second kappa shape index (κ2) is 10.2. The monoisotopic (exact) mass is 454 g/mol. The van der Waals surface area contributed by atoms with Gasteiger partial charge in [0.15, 0.2) is 0 Å². The summed E-state index contributed by atoms with van der Waals surface area (Å²) in [4.78, 5) is 25.4. The van der Waals surface area contributed by atoms with Crippen molar-refractivity contribution in [2.45, 2.75) is 89.1 Å². The predicted octanol–water partition coefficient (Wildman–Crippen LogP) is 1.77. The lowest BCUT2D eigenvalue weighted by Gasteiger charge is -2.38. The molecule has 0 radical (unpaired) electrons. The van der Waals surface area contributed by atoms with Gasteiger partial charge in [0, 0.05) is 38.3 Å². The molecule has 2 saturated heterocycles. The molecule has 0 aromatic rings. The molecule has 176 valence electrons. The first-order valence-electron chi connectivity index (χ1n) is 12.3.